The lowest BCUT2D eigenvalue weighted by Crippen LogP contribution is -2.22. The molecule has 0 saturated carbocycles. The fourth-order valence-electron chi connectivity index (χ4n) is 0.981. The van der Waals surface area contributed by atoms with E-state index in [1.807, 2.05) is 18.2 Å². The van der Waals surface area contributed by atoms with Crippen LogP contribution in [0, 0.1) is 0 Å². The highest BCUT2D eigenvalue weighted by Crippen LogP contribution is 2.21. The molecule has 0 saturated heterocycles. The monoisotopic (exact) mass is 243 g/mol. The fraction of sp³-hybridized carbons (Fsp3) is 0.222. The molecule has 1 aromatic rings. The van der Waals surface area contributed by atoms with Crippen molar-refractivity contribution < 1.29 is 9.53 Å². The third-order valence-corrected chi connectivity index (χ3v) is 2.42. The molecule has 0 spiro atoms. The Balaban J connectivity index is 2.95. The van der Waals surface area contributed by atoms with Crippen LogP contribution in [0.5, 0.6) is 0 Å². The molecule has 0 aliphatic carbocycles. The van der Waals surface area contributed by atoms with E-state index < -0.39 is 12.0 Å². The molecule has 13 heavy (non-hydrogen) atoms. The maximum atomic E-state index is 11.1. The topological polar surface area (TPSA) is 52.3 Å². The zero-order valence-electron chi connectivity index (χ0n) is 7.16. The zero-order valence-corrected chi connectivity index (χ0v) is 8.74. The van der Waals surface area contributed by atoms with Gasteiger partial charge in [0.2, 0.25) is 0 Å². The molecule has 0 amide bonds. The number of methoxy groups -OCH3 is 1. The van der Waals surface area contributed by atoms with Gasteiger partial charge in [0.05, 0.1) is 7.11 Å². The highest BCUT2D eigenvalue weighted by Gasteiger charge is 2.17. The molecular weight excluding hydrogens is 234 g/mol. The number of ether oxygens (including phenoxy) is 1. The highest BCUT2D eigenvalue weighted by atomic mass is 79.9. The van der Waals surface area contributed by atoms with E-state index in [-0.39, 0.29) is 0 Å². The van der Waals surface area contributed by atoms with Crippen molar-refractivity contribution in [3.63, 3.8) is 0 Å². The summed E-state index contributed by atoms with van der Waals surface area (Å²) in [6.07, 6.45) is 0. The quantitative estimate of drug-likeness (QED) is 0.804. The first-order chi connectivity index (χ1) is 6.16. The lowest BCUT2D eigenvalue weighted by atomic mass is 10.1. The Bertz CT molecular complexity index is 314. The summed E-state index contributed by atoms with van der Waals surface area (Å²) in [6.45, 7) is 0. The Morgan fingerprint density at radius 2 is 2.15 bits per heavy atom. The fourth-order valence-corrected chi connectivity index (χ4v) is 1.51. The minimum atomic E-state index is -0.722. The average molecular weight is 244 g/mol. The van der Waals surface area contributed by atoms with E-state index in [4.69, 9.17) is 5.73 Å². The number of benzene rings is 1. The number of halogens is 1. The van der Waals surface area contributed by atoms with Crippen LogP contribution in [-0.4, -0.2) is 13.1 Å². The van der Waals surface area contributed by atoms with Crippen LogP contribution in [0.15, 0.2) is 28.7 Å². The highest BCUT2D eigenvalue weighted by molar-refractivity contribution is 9.10. The molecule has 0 fully saturated rings. The minimum absolute atomic E-state index is 0.438. The molecular formula is C9H10BrNO2. The van der Waals surface area contributed by atoms with Gasteiger partial charge in [0.15, 0.2) is 0 Å². The molecule has 0 aliphatic rings. The Kier molecular flexibility index (Phi) is 3.45. The van der Waals surface area contributed by atoms with Gasteiger partial charge < -0.3 is 10.5 Å². The van der Waals surface area contributed by atoms with E-state index in [0.29, 0.717) is 0 Å². The Labute approximate surface area is 85.0 Å². The minimum Gasteiger partial charge on any atom is -0.468 e. The van der Waals surface area contributed by atoms with Gasteiger partial charge in [-0.3, -0.25) is 4.79 Å². The number of carbonyl (C=O) groups is 1. The molecule has 0 unspecified atom stereocenters. The van der Waals surface area contributed by atoms with Crippen molar-refractivity contribution in [1.29, 1.82) is 0 Å². The van der Waals surface area contributed by atoms with Crippen molar-refractivity contribution >= 4 is 21.9 Å². The molecule has 1 atom stereocenters. The van der Waals surface area contributed by atoms with Crippen molar-refractivity contribution in [3.8, 4) is 0 Å². The summed E-state index contributed by atoms with van der Waals surface area (Å²) >= 11 is 3.31. The van der Waals surface area contributed by atoms with E-state index >= 15 is 0 Å². The van der Waals surface area contributed by atoms with E-state index in [1.165, 1.54) is 7.11 Å². The van der Waals surface area contributed by atoms with Gasteiger partial charge >= 0.3 is 5.97 Å². The molecule has 0 radical (unpaired) electrons. The molecule has 0 heterocycles. The van der Waals surface area contributed by atoms with Crippen LogP contribution in [0.3, 0.4) is 0 Å². The summed E-state index contributed by atoms with van der Waals surface area (Å²) in [5.41, 5.74) is 6.38. The normalized spacial score (nSPS) is 12.2. The first-order valence-corrected chi connectivity index (χ1v) is 4.54. The number of esters is 1. The molecule has 0 aliphatic heterocycles. The van der Waals surface area contributed by atoms with Crippen LogP contribution in [0.1, 0.15) is 11.6 Å². The first kappa shape index (κ1) is 10.2. The van der Waals surface area contributed by atoms with Crippen LogP contribution in [0.4, 0.5) is 0 Å². The summed E-state index contributed by atoms with van der Waals surface area (Å²) in [4.78, 5) is 11.1. The number of hydrogen-bond acceptors (Lipinski definition) is 3. The van der Waals surface area contributed by atoms with E-state index in [1.54, 1.807) is 6.07 Å². The number of rotatable bonds is 2. The average Bonchev–Trinajstić information content (AvgIpc) is 2.16. The number of nitrogens with two attached hydrogens (primary N) is 1. The summed E-state index contributed by atoms with van der Waals surface area (Å²) in [6, 6.07) is 6.57. The number of hydrogen-bond donors (Lipinski definition) is 1. The lowest BCUT2D eigenvalue weighted by molar-refractivity contribution is -0.142. The van der Waals surface area contributed by atoms with Gasteiger partial charge in [-0.05, 0) is 11.6 Å². The standard InChI is InChI=1S/C9H10BrNO2/c1-13-9(12)8(11)6-4-2-3-5-7(6)10/h2-5,8H,11H2,1H3/t8-/m1/s1. The van der Waals surface area contributed by atoms with Gasteiger partial charge in [0, 0.05) is 4.47 Å². The van der Waals surface area contributed by atoms with Crippen molar-refractivity contribution in [2.24, 2.45) is 5.73 Å². The Morgan fingerprint density at radius 1 is 1.54 bits per heavy atom. The second-order valence-corrected chi connectivity index (χ2v) is 3.38. The third kappa shape index (κ3) is 2.29. The van der Waals surface area contributed by atoms with E-state index in [9.17, 15) is 4.79 Å². The first-order valence-electron chi connectivity index (χ1n) is 3.74. The van der Waals surface area contributed by atoms with Crippen LogP contribution in [-0.2, 0) is 9.53 Å². The van der Waals surface area contributed by atoms with Gasteiger partial charge in [-0.1, -0.05) is 34.1 Å². The molecule has 3 nitrogen and oxygen atoms in total. The maximum absolute atomic E-state index is 11.1. The zero-order chi connectivity index (χ0) is 9.84. The molecule has 70 valence electrons. The van der Waals surface area contributed by atoms with Gasteiger partial charge in [-0.15, -0.1) is 0 Å². The summed E-state index contributed by atoms with van der Waals surface area (Å²) in [5, 5.41) is 0. The van der Waals surface area contributed by atoms with Crippen molar-refractivity contribution in [1.82, 2.24) is 0 Å². The van der Waals surface area contributed by atoms with Gasteiger partial charge in [0.1, 0.15) is 6.04 Å². The van der Waals surface area contributed by atoms with Crippen LogP contribution in [0.25, 0.3) is 0 Å². The molecule has 2 N–H and O–H groups in total. The van der Waals surface area contributed by atoms with Crippen LogP contribution >= 0.6 is 15.9 Å². The Hall–Kier alpha value is -0.870. The second kappa shape index (κ2) is 4.39. The van der Waals surface area contributed by atoms with Crippen molar-refractivity contribution in [2.45, 2.75) is 6.04 Å². The predicted octanol–water partition coefficient (Wildman–Crippen LogP) is 1.62. The third-order valence-electron chi connectivity index (χ3n) is 1.70. The van der Waals surface area contributed by atoms with Crippen LogP contribution < -0.4 is 5.73 Å². The second-order valence-electron chi connectivity index (χ2n) is 2.52. The van der Waals surface area contributed by atoms with Crippen molar-refractivity contribution in [2.75, 3.05) is 7.11 Å². The van der Waals surface area contributed by atoms with Crippen molar-refractivity contribution in [3.05, 3.63) is 34.3 Å². The molecule has 0 bridgehead atoms. The van der Waals surface area contributed by atoms with Gasteiger partial charge in [0.25, 0.3) is 0 Å². The largest absolute Gasteiger partial charge is 0.468 e. The van der Waals surface area contributed by atoms with Crippen LogP contribution in [0.2, 0.25) is 0 Å². The van der Waals surface area contributed by atoms with E-state index in [2.05, 4.69) is 20.7 Å². The smallest absolute Gasteiger partial charge is 0.327 e. The summed E-state index contributed by atoms with van der Waals surface area (Å²) in [5.74, 6) is -0.438. The SMILES string of the molecule is COC(=O)[C@H](N)c1ccccc1Br. The Morgan fingerprint density at radius 3 is 2.69 bits per heavy atom. The lowest BCUT2D eigenvalue weighted by Gasteiger charge is -2.10. The van der Waals surface area contributed by atoms with E-state index in [0.717, 1.165) is 10.0 Å². The summed E-state index contributed by atoms with van der Waals surface area (Å²) in [7, 11) is 1.32. The maximum Gasteiger partial charge on any atom is 0.327 e. The van der Waals surface area contributed by atoms with Gasteiger partial charge in [-0.2, -0.15) is 0 Å². The molecule has 4 heteroatoms. The summed E-state index contributed by atoms with van der Waals surface area (Å²) < 4.78 is 5.35. The predicted molar refractivity (Wildman–Crippen MR) is 53.1 cm³/mol. The molecule has 1 aromatic carbocycles. The molecule has 1 rings (SSSR count). The molecule has 0 aromatic heterocycles. The van der Waals surface area contributed by atoms with Gasteiger partial charge in [-0.25, -0.2) is 0 Å². The number of carbonyl (C=O) groups excluding carboxylic acids is 1.